The van der Waals surface area contributed by atoms with Crippen LogP contribution in [0.4, 0.5) is 0 Å². The topological polar surface area (TPSA) is 46.2 Å². The summed E-state index contributed by atoms with van der Waals surface area (Å²) in [5.74, 6) is 0.445. The van der Waals surface area contributed by atoms with Gasteiger partial charge in [0.25, 0.3) is 0 Å². The Balaban J connectivity index is 4.71. The Hall–Kier alpha value is -0.860. The van der Waals surface area contributed by atoms with Gasteiger partial charge in [-0.05, 0) is 5.92 Å². The van der Waals surface area contributed by atoms with Gasteiger partial charge in [-0.15, -0.1) is 0 Å². The van der Waals surface area contributed by atoms with Crippen molar-refractivity contribution in [2.24, 2.45) is 16.7 Å². The van der Waals surface area contributed by atoms with Crippen molar-refractivity contribution < 1.29 is 9.59 Å². The molecule has 0 aliphatic carbocycles. The molecule has 0 rings (SSSR count). The Morgan fingerprint density at radius 1 is 0.944 bits per heavy atom. The molecule has 0 aromatic rings. The summed E-state index contributed by atoms with van der Waals surface area (Å²) in [6.07, 6.45) is 0.406. The molecule has 0 aliphatic rings. The van der Waals surface area contributed by atoms with Gasteiger partial charge >= 0.3 is 0 Å². The van der Waals surface area contributed by atoms with Crippen molar-refractivity contribution in [3.8, 4) is 0 Å². The Bertz CT molecular complexity index is 277. The Kier molecular flexibility index (Phi) is 5.57. The molecular weight excluding hydrogens is 226 g/mol. The molecule has 0 radical (unpaired) electrons. The lowest BCUT2D eigenvalue weighted by Gasteiger charge is -2.28. The summed E-state index contributed by atoms with van der Waals surface area (Å²) in [6, 6.07) is -0.0801. The molecule has 106 valence electrons. The molecule has 1 atom stereocenters. The molecule has 0 aromatic carbocycles. The van der Waals surface area contributed by atoms with Gasteiger partial charge in [-0.3, -0.25) is 9.59 Å². The molecule has 1 N–H and O–H groups in total. The second kappa shape index (κ2) is 5.85. The lowest BCUT2D eigenvalue weighted by Crippen LogP contribution is -2.46. The van der Waals surface area contributed by atoms with Gasteiger partial charge in [-0.25, -0.2) is 0 Å². The highest BCUT2D eigenvalue weighted by molar-refractivity contribution is 5.86. The van der Waals surface area contributed by atoms with Gasteiger partial charge in [0.1, 0.15) is 5.78 Å². The molecule has 18 heavy (non-hydrogen) atoms. The second-order valence-electron chi connectivity index (χ2n) is 7.45. The minimum atomic E-state index is -0.419. The van der Waals surface area contributed by atoms with Crippen molar-refractivity contribution in [2.45, 2.75) is 67.9 Å². The Morgan fingerprint density at radius 3 is 1.67 bits per heavy atom. The molecule has 0 spiro atoms. The zero-order valence-corrected chi connectivity index (χ0v) is 13.2. The van der Waals surface area contributed by atoms with E-state index in [4.69, 9.17) is 0 Å². The third kappa shape index (κ3) is 5.65. The Labute approximate surface area is 112 Å². The van der Waals surface area contributed by atoms with Crippen LogP contribution in [0.2, 0.25) is 0 Å². The quantitative estimate of drug-likeness (QED) is 0.838. The number of amides is 1. The van der Waals surface area contributed by atoms with E-state index < -0.39 is 5.41 Å². The van der Waals surface area contributed by atoms with Crippen molar-refractivity contribution in [3.63, 3.8) is 0 Å². The lowest BCUT2D eigenvalue weighted by molar-refractivity contribution is -0.131. The fourth-order valence-electron chi connectivity index (χ4n) is 1.34. The molecule has 0 bridgehead atoms. The van der Waals surface area contributed by atoms with Gasteiger partial charge < -0.3 is 5.32 Å². The maximum Gasteiger partial charge on any atom is 0.225 e. The van der Waals surface area contributed by atoms with Gasteiger partial charge in [0, 0.05) is 23.3 Å². The fourth-order valence-corrected chi connectivity index (χ4v) is 1.34. The third-order valence-corrected chi connectivity index (χ3v) is 3.04. The van der Waals surface area contributed by atoms with Crippen LogP contribution in [0.5, 0.6) is 0 Å². The molecule has 0 saturated heterocycles. The van der Waals surface area contributed by atoms with Crippen molar-refractivity contribution in [2.75, 3.05) is 0 Å². The van der Waals surface area contributed by atoms with Crippen LogP contribution in [0.1, 0.15) is 61.8 Å². The predicted octanol–water partition coefficient (Wildman–Crippen LogP) is 3.18. The monoisotopic (exact) mass is 255 g/mol. The maximum atomic E-state index is 12.1. The molecule has 3 nitrogen and oxygen atoms in total. The van der Waals surface area contributed by atoms with Gasteiger partial charge in [-0.2, -0.15) is 0 Å². The first kappa shape index (κ1) is 17.1. The number of nitrogens with one attached hydrogen (secondary N) is 1. The zero-order chi connectivity index (χ0) is 14.7. The third-order valence-electron chi connectivity index (χ3n) is 3.04. The summed E-state index contributed by atoms with van der Waals surface area (Å²) in [6.45, 7) is 15.4. The summed E-state index contributed by atoms with van der Waals surface area (Å²) in [7, 11) is 0. The van der Waals surface area contributed by atoms with Gasteiger partial charge in [0.2, 0.25) is 5.91 Å². The fraction of sp³-hybridized carbons (Fsp3) is 0.867. The summed E-state index contributed by atoms with van der Waals surface area (Å²) in [5, 5.41) is 3.00. The van der Waals surface area contributed by atoms with E-state index in [9.17, 15) is 9.59 Å². The van der Waals surface area contributed by atoms with Crippen LogP contribution >= 0.6 is 0 Å². The number of rotatable bonds is 4. The van der Waals surface area contributed by atoms with E-state index in [0.717, 1.165) is 0 Å². The van der Waals surface area contributed by atoms with Crippen LogP contribution in [0.25, 0.3) is 0 Å². The number of carbonyl (C=O) groups excluding carboxylic acids is 2. The highest BCUT2D eigenvalue weighted by atomic mass is 16.2. The first-order valence-corrected chi connectivity index (χ1v) is 6.70. The van der Waals surface area contributed by atoms with E-state index in [2.05, 4.69) is 5.32 Å². The predicted molar refractivity (Wildman–Crippen MR) is 75.3 cm³/mol. The van der Waals surface area contributed by atoms with Gasteiger partial charge in [0.15, 0.2) is 0 Å². The molecular formula is C15H29NO2. The molecule has 0 aromatic heterocycles. The minimum Gasteiger partial charge on any atom is -0.352 e. The Morgan fingerprint density at radius 2 is 1.39 bits per heavy atom. The van der Waals surface area contributed by atoms with Crippen LogP contribution < -0.4 is 5.32 Å². The molecule has 0 fully saturated rings. The van der Waals surface area contributed by atoms with Crippen LogP contribution in [-0.2, 0) is 9.59 Å². The highest BCUT2D eigenvalue weighted by Gasteiger charge is 2.29. The SMILES string of the molecule is CC(C)[C@H](CC(=O)C(C)(C)C)NC(=O)C(C)(C)C. The number of carbonyl (C=O) groups is 2. The molecule has 0 saturated carbocycles. The van der Waals surface area contributed by atoms with Crippen LogP contribution in [0, 0.1) is 16.7 Å². The normalized spacial score (nSPS) is 14.5. The largest absolute Gasteiger partial charge is 0.352 e. The first-order valence-electron chi connectivity index (χ1n) is 6.70. The summed E-state index contributed by atoms with van der Waals surface area (Å²) < 4.78 is 0. The minimum absolute atomic E-state index is 0.00269. The van der Waals surface area contributed by atoms with E-state index in [1.165, 1.54) is 0 Å². The van der Waals surface area contributed by atoms with Crippen LogP contribution in [0.3, 0.4) is 0 Å². The number of hydrogen-bond acceptors (Lipinski definition) is 2. The average Bonchev–Trinajstić information content (AvgIpc) is 2.12. The maximum absolute atomic E-state index is 12.1. The van der Waals surface area contributed by atoms with E-state index in [-0.39, 0.29) is 29.1 Å². The van der Waals surface area contributed by atoms with Gasteiger partial charge in [0.05, 0.1) is 0 Å². The number of hydrogen-bond donors (Lipinski definition) is 1. The zero-order valence-electron chi connectivity index (χ0n) is 13.2. The number of ketones is 1. The van der Waals surface area contributed by atoms with Crippen molar-refractivity contribution in [3.05, 3.63) is 0 Å². The second-order valence-corrected chi connectivity index (χ2v) is 7.45. The first-order chi connectivity index (χ1) is 7.85. The van der Waals surface area contributed by atoms with Crippen molar-refractivity contribution in [1.82, 2.24) is 5.32 Å². The molecule has 0 aliphatic heterocycles. The molecule has 0 unspecified atom stereocenters. The lowest BCUT2D eigenvalue weighted by atomic mass is 9.84. The van der Waals surface area contributed by atoms with Crippen LogP contribution in [-0.4, -0.2) is 17.7 Å². The average molecular weight is 255 g/mol. The molecule has 0 heterocycles. The summed E-state index contributed by atoms with van der Waals surface area (Å²) in [5.41, 5.74) is -0.766. The van der Waals surface area contributed by atoms with Crippen LogP contribution in [0.15, 0.2) is 0 Å². The van der Waals surface area contributed by atoms with E-state index in [0.29, 0.717) is 6.42 Å². The summed E-state index contributed by atoms with van der Waals surface area (Å²) in [4.78, 5) is 24.0. The standard InChI is InChI=1S/C15H29NO2/c1-10(2)11(9-12(17)14(3,4)5)16-13(18)15(6,7)8/h10-11H,9H2,1-8H3,(H,16,18)/t11-/m0/s1. The van der Waals surface area contributed by atoms with Crippen molar-refractivity contribution in [1.29, 1.82) is 0 Å². The smallest absolute Gasteiger partial charge is 0.225 e. The summed E-state index contributed by atoms with van der Waals surface area (Å²) >= 11 is 0. The molecule has 1 amide bonds. The van der Waals surface area contributed by atoms with E-state index >= 15 is 0 Å². The van der Waals surface area contributed by atoms with Crippen molar-refractivity contribution >= 4 is 11.7 Å². The molecule has 3 heteroatoms. The number of Topliss-reactive ketones (excluding diaryl/α,β-unsaturated/α-hetero) is 1. The highest BCUT2D eigenvalue weighted by Crippen LogP contribution is 2.21. The van der Waals surface area contributed by atoms with Gasteiger partial charge in [-0.1, -0.05) is 55.4 Å². The van der Waals surface area contributed by atoms with E-state index in [1.54, 1.807) is 0 Å². The van der Waals surface area contributed by atoms with E-state index in [1.807, 2.05) is 55.4 Å².